The van der Waals surface area contributed by atoms with Crippen molar-refractivity contribution in [2.45, 2.75) is 31.8 Å². The first-order valence-electron chi connectivity index (χ1n) is 9.00. The Morgan fingerprint density at radius 3 is 2.88 bits per heavy atom. The van der Waals surface area contributed by atoms with E-state index in [-0.39, 0.29) is 18.0 Å². The number of carbonyl (C=O) groups is 1. The lowest BCUT2D eigenvalue weighted by Gasteiger charge is -2.25. The number of halogens is 1. The molecule has 0 radical (unpaired) electrons. The van der Waals surface area contributed by atoms with Crippen molar-refractivity contribution in [1.29, 1.82) is 0 Å². The normalized spacial score (nSPS) is 18.5. The Morgan fingerprint density at radius 2 is 2.12 bits per heavy atom. The van der Waals surface area contributed by atoms with Crippen LogP contribution in [-0.2, 0) is 4.79 Å². The van der Waals surface area contributed by atoms with Crippen molar-refractivity contribution in [2.75, 3.05) is 20.2 Å². The van der Waals surface area contributed by atoms with E-state index in [0.717, 1.165) is 30.7 Å². The summed E-state index contributed by atoms with van der Waals surface area (Å²) in [4.78, 5) is 14.8. The van der Waals surface area contributed by atoms with E-state index in [1.54, 1.807) is 7.11 Å². The van der Waals surface area contributed by atoms with Crippen LogP contribution in [0.3, 0.4) is 0 Å². The number of likely N-dealkylation sites (tertiary alicyclic amines) is 1. The van der Waals surface area contributed by atoms with E-state index in [0.29, 0.717) is 11.6 Å². The average Bonchev–Trinajstić information content (AvgIpc) is 3.10. The molecule has 1 amide bonds. The smallest absolute Gasteiger partial charge is 0.234 e. The molecular weight excluding hydrogens is 348 g/mol. The Bertz CT molecular complexity index is 765. The Balaban J connectivity index is 1.63. The monoisotopic (exact) mass is 372 g/mol. The van der Waals surface area contributed by atoms with Crippen molar-refractivity contribution >= 4 is 17.5 Å². The highest BCUT2D eigenvalue weighted by Crippen LogP contribution is 2.33. The zero-order valence-electron chi connectivity index (χ0n) is 15.2. The van der Waals surface area contributed by atoms with Crippen LogP contribution in [0.1, 0.15) is 43.0 Å². The number of carbonyl (C=O) groups excluding carboxylic acids is 1. The molecule has 2 unspecified atom stereocenters. The van der Waals surface area contributed by atoms with Crippen molar-refractivity contribution in [3.63, 3.8) is 0 Å². The van der Waals surface area contributed by atoms with Crippen LogP contribution < -0.4 is 10.1 Å². The van der Waals surface area contributed by atoms with E-state index in [4.69, 9.17) is 16.3 Å². The lowest BCUT2D eigenvalue weighted by Crippen LogP contribution is -2.38. The zero-order valence-corrected chi connectivity index (χ0v) is 16.0. The van der Waals surface area contributed by atoms with Crippen LogP contribution in [0.15, 0.2) is 48.5 Å². The van der Waals surface area contributed by atoms with E-state index < -0.39 is 0 Å². The molecule has 5 heteroatoms. The number of nitrogens with zero attached hydrogens (tertiary/aromatic N) is 1. The highest BCUT2D eigenvalue weighted by atomic mass is 35.5. The van der Waals surface area contributed by atoms with E-state index in [2.05, 4.69) is 22.3 Å². The van der Waals surface area contributed by atoms with Crippen LogP contribution in [0.5, 0.6) is 5.75 Å². The van der Waals surface area contributed by atoms with Gasteiger partial charge in [-0.2, -0.15) is 0 Å². The first-order valence-corrected chi connectivity index (χ1v) is 9.38. The molecule has 2 atom stereocenters. The molecule has 0 aliphatic carbocycles. The van der Waals surface area contributed by atoms with Crippen LogP contribution in [-0.4, -0.2) is 31.0 Å². The van der Waals surface area contributed by atoms with Crippen molar-refractivity contribution in [3.05, 3.63) is 64.7 Å². The molecule has 1 heterocycles. The van der Waals surface area contributed by atoms with E-state index in [9.17, 15) is 4.79 Å². The number of nitrogens with one attached hydrogen (secondary N) is 1. The fourth-order valence-electron chi connectivity index (χ4n) is 3.62. The summed E-state index contributed by atoms with van der Waals surface area (Å²) in [5.41, 5.74) is 2.14. The van der Waals surface area contributed by atoms with Gasteiger partial charge in [0.2, 0.25) is 5.91 Å². The third-order valence-electron chi connectivity index (χ3n) is 4.94. The highest BCUT2D eigenvalue weighted by molar-refractivity contribution is 6.31. The molecule has 0 spiro atoms. The number of benzene rings is 2. The average molecular weight is 373 g/mol. The van der Waals surface area contributed by atoms with Gasteiger partial charge in [-0.3, -0.25) is 9.69 Å². The van der Waals surface area contributed by atoms with Crippen molar-refractivity contribution < 1.29 is 9.53 Å². The molecule has 2 aromatic rings. The molecule has 1 fully saturated rings. The lowest BCUT2D eigenvalue weighted by molar-refractivity contribution is -0.123. The minimum absolute atomic E-state index is 0.0206. The summed E-state index contributed by atoms with van der Waals surface area (Å²) in [7, 11) is 1.68. The summed E-state index contributed by atoms with van der Waals surface area (Å²) in [5, 5.41) is 3.75. The molecule has 0 bridgehead atoms. The number of hydrogen-bond donors (Lipinski definition) is 1. The molecule has 26 heavy (non-hydrogen) atoms. The van der Waals surface area contributed by atoms with Gasteiger partial charge in [-0.1, -0.05) is 41.9 Å². The van der Waals surface area contributed by atoms with E-state index in [1.165, 1.54) is 5.56 Å². The van der Waals surface area contributed by atoms with Gasteiger partial charge in [0.1, 0.15) is 5.75 Å². The summed E-state index contributed by atoms with van der Waals surface area (Å²) in [6.45, 7) is 3.27. The lowest BCUT2D eigenvalue weighted by atomic mass is 10.0. The predicted molar refractivity (Wildman–Crippen MR) is 105 cm³/mol. The Morgan fingerprint density at radius 1 is 1.31 bits per heavy atom. The largest absolute Gasteiger partial charge is 0.497 e. The predicted octanol–water partition coefficient (Wildman–Crippen LogP) is 4.36. The maximum Gasteiger partial charge on any atom is 0.234 e. The van der Waals surface area contributed by atoms with E-state index >= 15 is 0 Å². The van der Waals surface area contributed by atoms with Gasteiger partial charge in [-0.25, -0.2) is 0 Å². The summed E-state index contributed by atoms with van der Waals surface area (Å²) >= 11 is 6.23. The number of ether oxygens (including phenoxy) is 1. The van der Waals surface area contributed by atoms with E-state index in [1.807, 2.05) is 43.3 Å². The second-order valence-corrected chi connectivity index (χ2v) is 7.12. The zero-order chi connectivity index (χ0) is 18.5. The molecule has 0 aromatic heterocycles. The van der Waals surface area contributed by atoms with Crippen LogP contribution in [0, 0.1) is 0 Å². The molecular formula is C21H25ClN2O2. The van der Waals surface area contributed by atoms with Crippen molar-refractivity contribution in [3.8, 4) is 5.75 Å². The maximum atomic E-state index is 12.6. The third-order valence-corrected chi connectivity index (χ3v) is 5.28. The van der Waals surface area contributed by atoms with Gasteiger partial charge in [0.25, 0.3) is 0 Å². The van der Waals surface area contributed by atoms with Gasteiger partial charge in [0.15, 0.2) is 0 Å². The summed E-state index contributed by atoms with van der Waals surface area (Å²) < 4.78 is 5.33. The first-order chi connectivity index (χ1) is 12.6. The molecule has 1 N–H and O–H groups in total. The second-order valence-electron chi connectivity index (χ2n) is 6.72. The molecule has 4 nitrogen and oxygen atoms in total. The van der Waals surface area contributed by atoms with Gasteiger partial charge in [-0.05, 0) is 55.6 Å². The quantitative estimate of drug-likeness (QED) is 0.819. The van der Waals surface area contributed by atoms with Crippen LogP contribution in [0.25, 0.3) is 0 Å². The molecule has 2 aromatic carbocycles. The Hall–Kier alpha value is -2.04. The molecule has 138 valence electrons. The van der Waals surface area contributed by atoms with Gasteiger partial charge < -0.3 is 10.1 Å². The SMILES string of the molecule is COc1cccc(C2CCCN2CC(=O)NC(C)c2ccccc2Cl)c1. The summed E-state index contributed by atoms with van der Waals surface area (Å²) in [5.74, 6) is 0.873. The summed E-state index contributed by atoms with van der Waals surface area (Å²) in [6.07, 6.45) is 2.15. The number of amides is 1. The van der Waals surface area contributed by atoms with Crippen LogP contribution in [0.4, 0.5) is 0 Å². The maximum absolute atomic E-state index is 12.6. The second kappa shape index (κ2) is 8.56. The number of rotatable bonds is 6. The Labute approximate surface area is 160 Å². The van der Waals surface area contributed by atoms with Crippen LogP contribution in [0.2, 0.25) is 5.02 Å². The topological polar surface area (TPSA) is 41.6 Å². The minimum Gasteiger partial charge on any atom is -0.497 e. The fourth-order valence-corrected chi connectivity index (χ4v) is 3.92. The molecule has 3 rings (SSSR count). The fraction of sp³-hybridized carbons (Fsp3) is 0.381. The third kappa shape index (κ3) is 4.37. The molecule has 1 aliphatic heterocycles. The molecule has 0 saturated carbocycles. The van der Waals surface area contributed by atoms with Gasteiger partial charge in [0.05, 0.1) is 19.7 Å². The minimum atomic E-state index is -0.117. The van der Waals surface area contributed by atoms with Crippen molar-refractivity contribution in [1.82, 2.24) is 10.2 Å². The number of hydrogen-bond acceptors (Lipinski definition) is 3. The van der Waals surface area contributed by atoms with Crippen molar-refractivity contribution in [2.24, 2.45) is 0 Å². The molecule has 1 saturated heterocycles. The summed E-state index contributed by atoms with van der Waals surface area (Å²) in [6, 6.07) is 15.9. The van der Waals surface area contributed by atoms with Gasteiger partial charge in [-0.15, -0.1) is 0 Å². The Kier molecular flexibility index (Phi) is 6.17. The van der Waals surface area contributed by atoms with Gasteiger partial charge >= 0.3 is 0 Å². The van der Waals surface area contributed by atoms with Crippen LogP contribution >= 0.6 is 11.6 Å². The first kappa shape index (κ1) is 18.7. The molecule has 1 aliphatic rings. The number of methoxy groups -OCH3 is 1. The van der Waals surface area contributed by atoms with Gasteiger partial charge in [0, 0.05) is 11.1 Å². The highest BCUT2D eigenvalue weighted by Gasteiger charge is 2.28. The standard InChI is InChI=1S/C21H25ClN2O2/c1-15(18-9-3-4-10-19(18)22)23-21(25)14-24-12-6-11-20(24)16-7-5-8-17(13-16)26-2/h3-5,7-10,13,15,20H,6,11-12,14H2,1-2H3,(H,23,25).